The van der Waals surface area contributed by atoms with Gasteiger partial charge in [-0.1, -0.05) is 48.5 Å². The quantitative estimate of drug-likeness (QED) is 0.577. The van der Waals surface area contributed by atoms with Gasteiger partial charge in [0.2, 0.25) is 10.0 Å². The Bertz CT molecular complexity index is 1040. The number of rotatable bonds is 9. The van der Waals surface area contributed by atoms with Crippen molar-refractivity contribution in [2.45, 2.75) is 25.8 Å². The fourth-order valence-corrected chi connectivity index (χ4v) is 4.06. The lowest BCUT2D eigenvalue weighted by Crippen LogP contribution is -2.31. The molecule has 1 heterocycles. The minimum absolute atomic E-state index is 0.107. The Morgan fingerprint density at radius 3 is 2.44 bits per heavy atom. The van der Waals surface area contributed by atoms with Crippen LogP contribution < -0.4 is 10.3 Å². The molecule has 6 heteroatoms. The van der Waals surface area contributed by atoms with E-state index in [4.69, 9.17) is 0 Å². The van der Waals surface area contributed by atoms with Gasteiger partial charge in [-0.05, 0) is 42.3 Å². The topological polar surface area (TPSA) is 68.2 Å². The summed E-state index contributed by atoms with van der Waals surface area (Å²) in [5, 5.41) is 1.46. The van der Waals surface area contributed by atoms with Gasteiger partial charge in [-0.25, -0.2) is 13.1 Å². The van der Waals surface area contributed by atoms with Gasteiger partial charge in [-0.3, -0.25) is 4.79 Å². The van der Waals surface area contributed by atoms with Crippen LogP contribution in [0.25, 0.3) is 10.8 Å². The minimum atomic E-state index is -3.40. The maximum absolute atomic E-state index is 12.4. The van der Waals surface area contributed by atoms with E-state index in [0.29, 0.717) is 11.9 Å². The summed E-state index contributed by atoms with van der Waals surface area (Å²) in [5.41, 5.74) is 1.10. The summed E-state index contributed by atoms with van der Waals surface area (Å²) in [6.07, 6.45) is 4.30. The average Bonchev–Trinajstić information content (AvgIpc) is 2.68. The molecule has 0 atom stereocenters. The van der Waals surface area contributed by atoms with Gasteiger partial charge in [0.15, 0.2) is 0 Å². The van der Waals surface area contributed by atoms with Crippen molar-refractivity contribution in [1.82, 2.24) is 9.29 Å². The van der Waals surface area contributed by atoms with E-state index in [1.807, 2.05) is 42.5 Å². The molecular formula is C21H24N2O3S. The van der Waals surface area contributed by atoms with Crippen molar-refractivity contribution in [3.05, 3.63) is 82.8 Å². The van der Waals surface area contributed by atoms with Gasteiger partial charge in [-0.15, -0.1) is 0 Å². The first kappa shape index (κ1) is 19.3. The zero-order chi connectivity index (χ0) is 19.1. The van der Waals surface area contributed by atoms with Gasteiger partial charge in [0.25, 0.3) is 5.56 Å². The molecular weight excluding hydrogens is 360 g/mol. The lowest BCUT2D eigenvalue weighted by molar-refractivity contribution is 0.569. The number of pyridine rings is 1. The summed E-state index contributed by atoms with van der Waals surface area (Å²) in [7, 11) is -3.40. The smallest absolute Gasteiger partial charge is 0.258 e. The lowest BCUT2D eigenvalue weighted by atomic mass is 10.1. The van der Waals surface area contributed by atoms with Crippen molar-refractivity contribution >= 4 is 20.8 Å². The normalized spacial score (nSPS) is 11.7. The molecule has 3 rings (SSSR count). The maximum Gasteiger partial charge on any atom is 0.258 e. The zero-order valence-electron chi connectivity index (χ0n) is 15.2. The van der Waals surface area contributed by atoms with Crippen LogP contribution in [0.1, 0.15) is 18.4 Å². The molecule has 3 aromatic rings. The SMILES string of the molecule is O=c1c2ccccc2ccn1CCS(=O)(=O)NCCCCc1ccccc1. The summed E-state index contributed by atoms with van der Waals surface area (Å²) in [4.78, 5) is 12.4. The number of sulfonamides is 1. The molecule has 0 fully saturated rings. The molecule has 0 aliphatic carbocycles. The minimum Gasteiger partial charge on any atom is -0.314 e. The summed E-state index contributed by atoms with van der Waals surface area (Å²) >= 11 is 0. The van der Waals surface area contributed by atoms with Gasteiger partial charge in [-0.2, -0.15) is 0 Å². The van der Waals surface area contributed by atoms with Gasteiger partial charge in [0.05, 0.1) is 5.75 Å². The molecule has 2 aromatic carbocycles. The van der Waals surface area contributed by atoms with E-state index in [-0.39, 0.29) is 17.9 Å². The lowest BCUT2D eigenvalue weighted by Gasteiger charge is -2.09. The maximum atomic E-state index is 12.4. The van der Waals surface area contributed by atoms with E-state index >= 15 is 0 Å². The van der Waals surface area contributed by atoms with Gasteiger partial charge >= 0.3 is 0 Å². The Hall–Kier alpha value is -2.44. The van der Waals surface area contributed by atoms with E-state index < -0.39 is 10.0 Å². The van der Waals surface area contributed by atoms with Gasteiger partial charge in [0, 0.05) is 24.7 Å². The number of hydrogen-bond donors (Lipinski definition) is 1. The largest absolute Gasteiger partial charge is 0.314 e. The van der Waals surface area contributed by atoms with Crippen molar-refractivity contribution in [3.8, 4) is 0 Å². The molecule has 27 heavy (non-hydrogen) atoms. The molecule has 0 aliphatic heterocycles. The summed E-state index contributed by atoms with van der Waals surface area (Å²) < 4.78 is 28.5. The third-order valence-electron chi connectivity index (χ3n) is 4.54. The number of aryl methyl sites for hydroxylation is 2. The van der Waals surface area contributed by atoms with Crippen LogP contribution in [-0.4, -0.2) is 25.3 Å². The molecule has 0 saturated carbocycles. The molecule has 0 unspecified atom stereocenters. The van der Waals surface area contributed by atoms with E-state index in [0.717, 1.165) is 24.6 Å². The van der Waals surface area contributed by atoms with E-state index in [1.165, 1.54) is 10.1 Å². The molecule has 0 bridgehead atoms. The van der Waals surface area contributed by atoms with Crippen molar-refractivity contribution in [1.29, 1.82) is 0 Å². The second-order valence-corrected chi connectivity index (χ2v) is 8.48. The molecule has 5 nitrogen and oxygen atoms in total. The number of benzene rings is 2. The highest BCUT2D eigenvalue weighted by atomic mass is 32.2. The Kier molecular flexibility index (Phi) is 6.42. The second-order valence-electron chi connectivity index (χ2n) is 6.56. The first-order chi connectivity index (χ1) is 13.1. The Balaban J connectivity index is 1.47. The number of hydrogen-bond acceptors (Lipinski definition) is 3. The third-order valence-corrected chi connectivity index (χ3v) is 5.91. The van der Waals surface area contributed by atoms with Crippen molar-refractivity contribution in [3.63, 3.8) is 0 Å². The predicted octanol–water partition coefficient (Wildman–Crippen LogP) is 2.94. The molecule has 0 saturated heterocycles. The zero-order valence-corrected chi connectivity index (χ0v) is 16.0. The van der Waals surface area contributed by atoms with Crippen molar-refractivity contribution < 1.29 is 8.42 Å². The third kappa shape index (κ3) is 5.52. The van der Waals surface area contributed by atoms with Crippen molar-refractivity contribution in [2.24, 2.45) is 0 Å². The van der Waals surface area contributed by atoms with Crippen LogP contribution in [0, 0.1) is 0 Å². The number of unbranched alkanes of at least 4 members (excludes halogenated alkanes) is 1. The number of nitrogens with zero attached hydrogens (tertiary/aromatic N) is 1. The van der Waals surface area contributed by atoms with Gasteiger partial charge < -0.3 is 4.57 Å². The highest BCUT2D eigenvalue weighted by Crippen LogP contribution is 2.08. The highest BCUT2D eigenvalue weighted by molar-refractivity contribution is 7.89. The van der Waals surface area contributed by atoms with Crippen molar-refractivity contribution in [2.75, 3.05) is 12.3 Å². The standard InChI is InChI=1S/C21H24N2O3S/c24-21-20-12-5-4-11-19(20)13-15-23(21)16-17-27(25,26)22-14-7-6-10-18-8-2-1-3-9-18/h1-5,8-9,11-13,15,22H,6-7,10,14,16-17H2. The molecule has 1 aromatic heterocycles. The Morgan fingerprint density at radius 2 is 1.63 bits per heavy atom. The molecule has 142 valence electrons. The summed E-state index contributed by atoms with van der Waals surface area (Å²) in [6.45, 7) is 0.560. The number of fused-ring (bicyclic) bond motifs is 1. The molecule has 0 radical (unpaired) electrons. The van der Waals surface area contributed by atoms with Crippen LogP contribution in [-0.2, 0) is 23.0 Å². The Morgan fingerprint density at radius 1 is 0.889 bits per heavy atom. The summed E-state index contributed by atoms with van der Waals surface area (Å²) in [5.74, 6) is -0.107. The first-order valence-electron chi connectivity index (χ1n) is 9.15. The molecule has 0 aliphatic rings. The van der Waals surface area contributed by atoms with E-state index in [1.54, 1.807) is 12.3 Å². The molecule has 0 amide bonds. The predicted molar refractivity (Wildman–Crippen MR) is 109 cm³/mol. The number of nitrogens with one attached hydrogen (secondary N) is 1. The van der Waals surface area contributed by atoms with E-state index in [9.17, 15) is 13.2 Å². The first-order valence-corrected chi connectivity index (χ1v) is 10.8. The highest BCUT2D eigenvalue weighted by Gasteiger charge is 2.11. The van der Waals surface area contributed by atoms with Crippen LogP contribution >= 0.6 is 0 Å². The average molecular weight is 385 g/mol. The van der Waals surface area contributed by atoms with Crippen LogP contribution in [0.2, 0.25) is 0 Å². The van der Waals surface area contributed by atoms with Crippen LogP contribution in [0.5, 0.6) is 0 Å². The summed E-state index contributed by atoms with van der Waals surface area (Å²) in [6, 6.07) is 19.3. The van der Waals surface area contributed by atoms with Crippen LogP contribution in [0.3, 0.4) is 0 Å². The Labute approximate surface area is 159 Å². The number of aromatic nitrogens is 1. The fraction of sp³-hybridized carbons (Fsp3) is 0.286. The van der Waals surface area contributed by atoms with Gasteiger partial charge in [0.1, 0.15) is 0 Å². The van der Waals surface area contributed by atoms with E-state index in [2.05, 4.69) is 16.9 Å². The fourth-order valence-electron chi connectivity index (χ4n) is 3.02. The monoisotopic (exact) mass is 384 g/mol. The molecule has 0 spiro atoms. The second kappa shape index (κ2) is 8.97. The van der Waals surface area contributed by atoms with Crippen LogP contribution in [0.15, 0.2) is 71.7 Å². The van der Waals surface area contributed by atoms with Crippen LogP contribution in [0.4, 0.5) is 0 Å². The molecule has 1 N–H and O–H groups in total.